The van der Waals surface area contributed by atoms with Crippen LogP contribution in [-0.4, -0.2) is 37.7 Å². The largest absolute Gasteiger partial charge is 0.383 e. The number of aryl methyl sites for hydroxylation is 1. The van der Waals surface area contributed by atoms with Gasteiger partial charge in [0.25, 0.3) is 0 Å². The molecule has 1 aromatic rings. The van der Waals surface area contributed by atoms with Crippen LogP contribution in [0.4, 0.5) is 0 Å². The predicted molar refractivity (Wildman–Crippen MR) is 83.9 cm³/mol. The number of hydrogen-bond acceptors (Lipinski definition) is 4. The minimum atomic E-state index is 0.541. The monoisotopic (exact) mass is 284 g/mol. The lowest BCUT2D eigenvalue weighted by molar-refractivity contribution is 0.147. The van der Waals surface area contributed by atoms with Gasteiger partial charge in [-0.3, -0.25) is 4.90 Å². The molecule has 0 spiro atoms. The first-order chi connectivity index (χ1) is 9.06. The highest BCUT2D eigenvalue weighted by molar-refractivity contribution is 7.12. The van der Waals surface area contributed by atoms with Gasteiger partial charge in [-0.05, 0) is 25.1 Å². The van der Waals surface area contributed by atoms with Gasteiger partial charge in [-0.2, -0.15) is 0 Å². The molecule has 0 atom stereocenters. The Kier molecular flexibility index (Phi) is 7.61. The second-order valence-corrected chi connectivity index (χ2v) is 6.53. The van der Waals surface area contributed by atoms with E-state index >= 15 is 0 Å². The smallest absolute Gasteiger partial charge is 0.0589 e. The summed E-state index contributed by atoms with van der Waals surface area (Å²) in [6.07, 6.45) is 0. The molecule has 1 N–H and O–H groups in total. The summed E-state index contributed by atoms with van der Waals surface area (Å²) in [4.78, 5) is 5.30. The van der Waals surface area contributed by atoms with Gasteiger partial charge in [-0.15, -0.1) is 11.3 Å². The molecule has 19 heavy (non-hydrogen) atoms. The standard InChI is InChI=1S/C15H28N2OS/c1-6-17(7-8-18-5)11-14-9-15(19-13(14)4)10-16-12(2)3/h9,12,16H,6-8,10-11H2,1-5H3. The highest BCUT2D eigenvalue weighted by atomic mass is 32.1. The Hall–Kier alpha value is -0.420. The van der Waals surface area contributed by atoms with Crippen molar-refractivity contribution >= 4 is 11.3 Å². The quantitative estimate of drug-likeness (QED) is 0.754. The third kappa shape index (κ3) is 6.04. The Bertz CT molecular complexity index is 363. The van der Waals surface area contributed by atoms with Gasteiger partial charge in [0.05, 0.1) is 6.61 Å². The molecule has 110 valence electrons. The van der Waals surface area contributed by atoms with E-state index in [0.29, 0.717) is 6.04 Å². The Morgan fingerprint density at radius 2 is 2.16 bits per heavy atom. The minimum absolute atomic E-state index is 0.541. The zero-order valence-electron chi connectivity index (χ0n) is 13.0. The fraction of sp³-hybridized carbons (Fsp3) is 0.733. The van der Waals surface area contributed by atoms with Crippen LogP contribution in [0.5, 0.6) is 0 Å². The van der Waals surface area contributed by atoms with Crippen LogP contribution in [0, 0.1) is 6.92 Å². The van der Waals surface area contributed by atoms with Crippen molar-refractivity contribution in [3.05, 3.63) is 21.4 Å². The topological polar surface area (TPSA) is 24.5 Å². The van der Waals surface area contributed by atoms with Gasteiger partial charge >= 0.3 is 0 Å². The summed E-state index contributed by atoms with van der Waals surface area (Å²) >= 11 is 1.91. The van der Waals surface area contributed by atoms with Gasteiger partial charge < -0.3 is 10.1 Å². The molecule has 4 heteroatoms. The number of ether oxygens (including phenoxy) is 1. The molecule has 0 radical (unpaired) electrons. The summed E-state index contributed by atoms with van der Waals surface area (Å²) in [5.41, 5.74) is 1.46. The first kappa shape index (κ1) is 16.6. The molecule has 1 aromatic heterocycles. The SMILES string of the molecule is CCN(CCOC)Cc1cc(CNC(C)C)sc1C. The summed E-state index contributed by atoms with van der Waals surface area (Å²) in [7, 11) is 1.76. The first-order valence-corrected chi connectivity index (χ1v) is 7.91. The minimum Gasteiger partial charge on any atom is -0.383 e. The van der Waals surface area contributed by atoms with Crippen molar-refractivity contribution in [1.29, 1.82) is 0 Å². The summed E-state index contributed by atoms with van der Waals surface area (Å²) in [6, 6.07) is 2.89. The average Bonchev–Trinajstić information content (AvgIpc) is 2.72. The molecule has 0 bridgehead atoms. The van der Waals surface area contributed by atoms with E-state index < -0.39 is 0 Å². The zero-order valence-corrected chi connectivity index (χ0v) is 13.8. The second-order valence-electron chi connectivity index (χ2n) is 5.19. The van der Waals surface area contributed by atoms with Crippen molar-refractivity contribution in [2.45, 2.75) is 46.8 Å². The van der Waals surface area contributed by atoms with Crippen molar-refractivity contribution in [2.75, 3.05) is 26.8 Å². The maximum atomic E-state index is 5.16. The van der Waals surface area contributed by atoms with Gasteiger partial charge in [0.2, 0.25) is 0 Å². The molecular weight excluding hydrogens is 256 g/mol. The van der Waals surface area contributed by atoms with E-state index in [-0.39, 0.29) is 0 Å². The van der Waals surface area contributed by atoms with Crippen LogP contribution >= 0.6 is 11.3 Å². The fourth-order valence-electron chi connectivity index (χ4n) is 1.95. The number of hydrogen-bond donors (Lipinski definition) is 1. The molecule has 3 nitrogen and oxygen atoms in total. The van der Waals surface area contributed by atoms with E-state index in [9.17, 15) is 0 Å². The average molecular weight is 284 g/mol. The fourth-order valence-corrected chi connectivity index (χ4v) is 2.95. The lowest BCUT2D eigenvalue weighted by atomic mass is 10.2. The number of rotatable bonds is 9. The molecule has 0 aliphatic rings. The number of thiophene rings is 1. The van der Waals surface area contributed by atoms with Gasteiger partial charge in [-0.25, -0.2) is 0 Å². The third-order valence-electron chi connectivity index (χ3n) is 3.21. The number of nitrogens with zero attached hydrogens (tertiary/aromatic N) is 1. The maximum absolute atomic E-state index is 5.16. The highest BCUT2D eigenvalue weighted by Crippen LogP contribution is 2.23. The van der Waals surface area contributed by atoms with Crippen molar-refractivity contribution in [3.63, 3.8) is 0 Å². The van der Waals surface area contributed by atoms with Gasteiger partial charge in [0, 0.05) is 42.5 Å². The molecular formula is C15H28N2OS. The predicted octanol–water partition coefficient (Wildman–Crippen LogP) is 3.02. The first-order valence-electron chi connectivity index (χ1n) is 7.09. The molecule has 0 aliphatic heterocycles. The summed E-state index contributed by atoms with van der Waals surface area (Å²) in [5.74, 6) is 0. The Labute approximate surface area is 122 Å². The summed E-state index contributed by atoms with van der Waals surface area (Å²) < 4.78 is 5.16. The van der Waals surface area contributed by atoms with E-state index in [0.717, 1.165) is 32.8 Å². The third-order valence-corrected chi connectivity index (χ3v) is 4.30. The van der Waals surface area contributed by atoms with Crippen molar-refractivity contribution in [2.24, 2.45) is 0 Å². The molecule has 0 unspecified atom stereocenters. The van der Waals surface area contributed by atoms with Crippen LogP contribution in [0.2, 0.25) is 0 Å². The van der Waals surface area contributed by atoms with Crippen LogP contribution in [0.15, 0.2) is 6.07 Å². The van der Waals surface area contributed by atoms with Crippen LogP contribution in [0.1, 0.15) is 36.1 Å². The zero-order chi connectivity index (χ0) is 14.3. The molecule has 0 fully saturated rings. The maximum Gasteiger partial charge on any atom is 0.0589 e. The van der Waals surface area contributed by atoms with E-state index in [1.165, 1.54) is 15.3 Å². The van der Waals surface area contributed by atoms with E-state index in [1.807, 2.05) is 11.3 Å². The summed E-state index contributed by atoms with van der Waals surface area (Å²) in [6.45, 7) is 13.7. The number of methoxy groups -OCH3 is 1. The number of nitrogens with one attached hydrogen (secondary N) is 1. The van der Waals surface area contributed by atoms with Crippen molar-refractivity contribution in [3.8, 4) is 0 Å². The molecule has 0 saturated heterocycles. The molecule has 0 saturated carbocycles. The van der Waals surface area contributed by atoms with Crippen LogP contribution < -0.4 is 5.32 Å². The van der Waals surface area contributed by atoms with Gasteiger partial charge in [-0.1, -0.05) is 20.8 Å². The second kappa shape index (κ2) is 8.69. The Morgan fingerprint density at radius 1 is 1.42 bits per heavy atom. The molecule has 0 amide bonds. The van der Waals surface area contributed by atoms with Gasteiger partial charge in [0.1, 0.15) is 0 Å². The lowest BCUT2D eigenvalue weighted by Gasteiger charge is -2.19. The Morgan fingerprint density at radius 3 is 2.74 bits per heavy atom. The van der Waals surface area contributed by atoms with Crippen LogP contribution in [-0.2, 0) is 17.8 Å². The van der Waals surface area contributed by atoms with Crippen molar-refractivity contribution < 1.29 is 4.74 Å². The van der Waals surface area contributed by atoms with Gasteiger partial charge in [0.15, 0.2) is 0 Å². The van der Waals surface area contributed by atoms with Crippen molar-refractivity contribution in [1.82, 2.24) is 10.2 Å². The van der Waals surface area contributed by atoms with Crippen LogP contribution in [0.3, 0.4) is 0 Å². The Balaban J connectivity index is 2.57. The van der Waals surface area contributed by atoms with E-state index in [1.54, 1.807) is 7.11 Å². The highest BCUT2D eigenvalue weighted by Gasteiger charge is 2.10. The molecule has 0 aromatic carbocycles. The summed E-state index contributed by atoms with van der Waals surface area (Å²) in [5, 5.41) is 3.48. The molecule has 1 rings (SSSR count). The van der Waals surface area contributed by atoms with Crippen LogP contribution in [0.25, 0.3) is 0 Å². The molecule has 1 heterocycles. The van der Waals surface area contributed by atoms with E-state index in [2.05, 4.69) is 44.0 Å². The normalized spacial score (nSPS) is 11.7. The number of likely N-dealkylation sites (N-methyl/N-ethyl adjacent to an activating group) is 1. The van der Waals surface area contributed by atoms with E-state index in [4.69, 9.17) is 4.74 Å². The lowest BCUT2D eigenvalue weighted by Crippen LogP contribution is -2.26. The molecule has 0 aliphatic carbocycles.